The van der Waals surface area contributed by atoms with Gasteiger partial charge in [-0.2, -0.15) is 0 Å². The van der Waals surface area contributed by atoms with E-state index in [1.54, 1.807) is 30.5 Å². The van der Waals surface area contributed by atoms with Gasteiger partial charge in [0.2, 0.25) is 5.91 Å². The molecule has 2 aromatic rings. The summed E-state index contributed by atoms with van der Waals surface area (Å²) in [4.78, 5) is 16.6. The van der Waals surface area contributed by atoms with Crippen molar-refractivity contribution in [3.05, 3.63) is 57.8 Å². The van der Waals surface area contributed by atoms with E-state index in [0.717, 1.165) is 12.1 Å². The summed E-state index contributed by atoms with van der Waals surface area (Å²) >= 11 is 1.70. The van der Waals surface area contributed by atoms with Crippen LogP contribution in [-0.4, -0.2) is 18.9 Å². The summed E-state index contributed by atoms with van der Waals surface area (Å²) in [5.74, 6) is 0.296. The largest absolute Gasteiger partial charge is 0.366 e. The number of nitrogens with two attached hydrogens (primary N) is 1. The van der Waals surface area contributed by atoms with E-state index in [4.69, 9.17) is 5.73 Å². The lowest BCUT2D eigenvalue weighted by Crippen LogP contribution is -2.36. The highest BCUT2D eigenvalue weighted by atomic mass is 127. The van der Waals surface area contributed by atoms with Gasteiger partial charge in [-0.05, 0) is 29.1 Å². The Kier molecular flexibility index (Phi) is 7.89. The normalized spacial score (nSPS) is 10.7. The Hall–Kier alpha value is -1.61. The fourth-order valence-electron chi connectivity index (χ4n) is 1.82. The molecule has 118 valence electrons. The Morgan fingerprint density at radius 1 is 1.23 bits per heavy atom. The second kappa shape index (κ2) is 9.42. The summed E-state index contributed by atoms with van der Waals surface area (Å²) in [6.07, 6.45) is 0. The molecule has 0 aliphatic rings. The number of halogens is 1. The molecule has 0 radical (unpaired) electrons. The number of nitrogens with one attached hydrogen (secondary N) is 2. The van der Waals surface area contributed by atoms with Crippen LogP contribution >= 0.6 is 35.3 Å². The first-order chi connectivity index (χ1) is 10.2. The molecule has 0 unspecified atom stereocenters. The van der Waals surface area contributed by atoms with Crippen molar-refractivity contribution in [3.8, 4) is 0 Å². The lowest BCUT2D eigenvalue weighted by Gasteiger charge is -2.11. The van der Waals surface area contributed by atoms with E-state index in [2.05, 4.69) is 21.7 Å². The predicted molar refractivity (Wildman–Crippen MR) is 102 cm³/mol. The lowest BCUT2D eigenvalue weighted by atomic mass is 10.1. The number of benzene rings is 1. The van der Waals surface area contributed by atoms with Crippen LogP contribution in [0.4, 0.5) is 0 Å². The van der Waals surface area contributed by atoms with Crippen LogP contribution in [0.15, 0.2) is 46.8 Å². The molecule has 2 rings (SSSR count). The van der Waals surface area contributed by atoms with Gasteiger partial charge in [-0.1, -0.05) is 18.2 Å². The highest BCUT2D eigenvalue weighted by Gasteiger charge is 2.03. The number of hydrogen-bond donors (Lipinski definition) is 3. The molecule has 1 heterocycles. The smallest absolute Gasteiger partial charge is 0.248 e. The molecule has 0 spiro atoms. The number of hydrogen-bond acceptors (Lipinski definition) is 3. The second-order valence-corrected chi connectivity index (χ2v) is 5.46. The first-order valence-electron chi connectivity index (χ1n) is 6.54. The molecule has 5 nitrogen and oxygen atoms in total. The van der Waals surface area contributed by atoms with Gasteiger partial charge in [-0.3, -0.25) is 9.79 Å². The molecule has 7 heteroatoms. The van der Waals surface area contributed by atoms with E-state index in [1.165, 1.54) is 4.88 Å². The molecule has 0 saturated carbocycles. The van der Waals surface area contributed by atoms with Gasteiger partial charge in [0.15, 0.2) is 5.96 Å². The Morgan fingerprint density at radius 2 is 2.00 bits per heavy atom. The van der Waals surface area contributed by atoms with E-state index in [-0.39, 0.29) is 24.0 Å². The maximum absolute atomic E-state index is 11.1. The minimum absolute atomic E-state index is 0. The Balaban J connectivity index is 0.00000242. The first kappa shape index (κ1) is 18.4. The third kappa shape index (κ3) is 5.64. The summed E-state index contributed by atoms with van der Waals surface area (Å²) in [7, 11) is 1.73. The van der Waals surface area contributed by atoms with Crippen LogP contribution in [0, 0.1) is 0 Å². The Bertz CT molecular complexity index is 628. The highest BCUT2D eigenvalue weighted by molar-refractivity contribution is 14.0. The summed E-state index contributed by atoms with van der Waals surface area (Å²) in [5, 5.41) is 8.49. The van der Waals surface area contributed by atoms with E-state index >= 15 is 0 Å². The maximum Gasteiger partial charge on any atom is 0.248 e. The van der Waals surface area contributed by atoms with Crippen LogP contribution in [0.5, 0.6) is 0 Å². The monoisotopic (exact) mass is 430 g/mol. The summed E-state index contributed by atoms with van der Waals surface area (Å²) < 4.78 is 0. The predicted octanol–water partition coefficient (Wildman–Crippen LogP) is 2.33. The quantitative estimate of drug-likeness (QED) is 0.387. The standard InChI is InChI=1S/C15H18N4OS.HI/c1-17-15(19-10-13-6-3-7-21-13)18-9-11-4-2-5-12(8-11)14(16)20;/h2-8H,9-10H2,1H3,(H2,16,20)(H2,17,18,19);1H. The van der Waals surface area contributed by atoms with Gasteiger partial charge in [-0.25, -0.2) is 0 Å². The molecule has 0 saturated heterocycles. The third-order valence-electron chi connectivity index (χ3n) is 2.91. The van der Waals surface area contributed by atoms with Crippen molar-refractivity contribution < 1.29 is 4.79 Å². The zero-order chi connectivity index (χ0) is 15.1. The number of rotatable bonds is 5. The molecular weight excluding hydrogens is 411 g/mol. The van der Waals surface area contributed by atoms with Crippen molar-refractivity contribution in [2.45, 2.75) is 13.1 Å². The molecule has 1 aromatic heterocycles. The third-order valence-corrected chi connectivity index (χ3v) is 3.78. The number of amides is 1. The lowest BCUT2D eigenvalue weighted by molar-refractivity contribution is 0.1000. The SMILES string of the molecule is CN=C(NCc1cccc(C(N)=O)c1)NCc1cccs1.I. The minimum atomic E-state index is -0.419. The fourth-order valence-corrected chi connectivity index (χ4v) is 2.47. The highest BCUT2D eigenvalue weighted by Crippen LogP contribution is 2.07. The van der Waals surface area contributed by atoms with Gasteiger partial charge >= 0.3 is 0 Å². The number of carbonyl (C=O) groups excluding carboxylic acids is 1. The van der Waals surface area contributed by atoms with Crippen LogP contribution < -0.4 is 16.4 Å². The average molecular weight is 430 g/mol. The zero-order valence-electron chi connectivity index (χ0n) is 12.2. The van der Waals surface area contributed by atoms with Gasteiger partial charge in [0.05, 0.1) is 6.54 Å². The van der Waals surface area contributed by atoms with Gasteiger partial charge in [0, 0.05) is 24.0 Å². The number of carbonyl (C=O) groups is 1. The van der Waals surface area contributed by atoms with E-state index in [1.807, 2.05) is 23.6 Å². The maximum atomic E-state index is 11.1. The molecule has 0 aliphatic carbocycles. The molecule has 22 heavy (non-hydrogen) atoms. The minimum Gasteiger partial charge on any atom is -0.366 e. The Morgan fingerprint density at radius 3 is 2.64 bits per heavy atom. The number of aliphatic imine (C=N–C) groups is 1. The average Bonchev–Trinajstić information content (AvgIpc) is 3.01. The van der Waals surface area contributed by atoms with Crippen LogP contribution in [-0.2, 0) is 13.1 Å². The van der Waals surface area contributed by atoms with Gasteiger partial charge in [-0.15, -0.1) is 35.3 Å². The van der Waals surface area contributed by atoms with Gasteiger partial charge in [0.1, 0.15) is 0 Å². The van der Waals surface area contributed by atoms with Crippen molar-refractivity contribution in [1.29, 1.82) is 0 Å². The number of guanidine groups is 1. The van der Waals surface area contributed by atoms with E-state index in [0.29, 0.717) is 18.1 Å². The molecule has 0 bridgehead atoms. The molecular formula is C15H19IN4OS. The number of nitrogens with zero attached hydrogens (tertiary/aromatic N) is 1. The molecule has 0 fully saturated rings. The van der Waals surface area contributed by atoms with Crippen LogP contribution in [0.3, 0.4) is 0 Å². The summed E-state index contributed by atoms with van der Waals surface area (Å²) in [6.45, 7) is 1.31. The molecule has 4 N–H and O–H groups in total. The molecule has 0 aliphatic heterocycles. The van der Waals surface area contributed by atoms with Crippen molar-refractivity contribution in [2.75, 3.05) is 7.05 Å². The number of thiophene rings is 1. The summed E-state index contributed by atoms with van der Waals surface area (Å²) in [6, 6.07) is 11.3. The number of primary amides is 1. The van der Waals surface area contributed by atoms with Crippen LogP contribution in [0.1, 0.15) is 20.8 Å². The van der Waals surface area contributed by atoms with Crippen LogP contribution in [0.25, 0.3) is 0 Å². The van der Waals surface area contributed by atoms with E-state index < -0.39 is 5.91 Å². The summed E-state index contributed by atoms with van der Waals surface area (Å²) in [5.41, 5.74) is 6.76. The second-order valence-electron chi connectivity index (χ2n) is 4.42. The van der Waals surface area contributed by atoms with Gasteiger partial charge < -0.3 is 16.4 Å². The molecule has 1 aromatic carbocycles. The van der Waals surface area contributed by atoms with Crippen molar-refractivity contribution in [3.63, 3.8) is 0 Å². The van der Waals surface area contributed by atoms with Crippen LogP contribution in [0.2, 0.25) is 0 Å². The van der Waals surface area contributed by atoms with Crippen molar-refractivity contribution in [2.24, 2.45) is 10.7 Å². The van der Waals surface area contributed by atoms with Crippen molar-refractivity contribution >= 4 is 47.2 Å². The fraction of sp³-hybridized carbons (Fsp3) is 0.200. The first-order valence-corrected chi connectivity index (χ1v) is 7.42. The molecule has 0 atom stereocenters. The van der Waals surface area contributed by atoms with Crippen molar-refractivity contribution in [1.82, 2.24) is 10.6 Å². The van der Waals surface area contributed by atoms with Gasteiger partial charge in [0.25, 0.3) is 0 Å². The zero-order valence-corrected chi connectivity index (χ0v) is 15.4. The topological polar surface area (TPSA) is 79.5 Å². The Labute approximate surface area is 151 Å². The van der Waals surface area contributed by atoms with E-state index in [9.17, 15) is 4.79 Å². The molecule has 1 amide bonds.